The largest absolute Gasteiger partial charge is 0.483 e. The number of thioether (sulfide) groups is 1. The molecule has 1 aromatic carbocycles. The van der Waals surface area contributed by atoms with Crippen molar-refractivity contribution in [3.63, 3.8) is 0 Å². The average molecular weight is 404 g/mol. The third-order valence-electron chi connectivity index (χ3n) is 3.79. The fourth-order valence-electron chi connectivity index (χ4n) is 2.37. The zero-order valence-corrected chi connectivity index (χ0v) is 17.2. The Kier molecular flexibility index (Phi) is 6.12. The molecule has 142 valence electrons. The summed E-state index contributed by atoms with van der Waals surface area (Å²) in [7, 11) is 1.87. The van der Waals surface area contributed by atoms with Crippen LogP contribution in [0.4, 0.5) is 5.13 Å². The second kappa shape index (κ2) is 8.53. The van der Waals surface area contributed by atoms with Gasteiger partial charge in [0.1, 0.15) is 5.75 Å². The highest BCUT2D eigenvalue weighted by Gasteiger charge is 2.22. The molecule has 3 aromatic rings. The summed E-state index contributed by atoms with van der Waals surface area (Å²) in [5, 5.41) is 14.1. The van der Waals surface area contributed by atoms with Crippen LogP contribution in [-0.2, 0) is 11.8 Å². The first-order chi connectivity index (χ1) is 12.9. The smallest absolute Gasteiger partial charge is 0.239 e. The van der Waals surface area contributed by atoms with E-state index in [4.69, 9.17) is 4.74 Å². The topological polar surface area (TPSA) is 81.9 Å². The number of ether oxygens (including phenoxy) is 1. The molecule has 7 nitrogen and oxygen atoms in total. The van der Waals surface area contributed by atoms with Gasteiger partial charge in [-0.15, -0.1) is 21.5 Å². The van der Waals surface area contributed by atoms with E-state index in [1.54, 1.807) is 0 Å². The molecule has 1 amide bonds. The van der Waals surface area contributed by atoms with Crippen molar-refractivity contribution in [1.29, 1.82) is 0 Å². The van der Waals surface area contributed by atoms with E-state index in [2.05, 4.69) is 20.5 Å². The van der Waals surface area contributed by atoms with E-state index in [1.165, 1.54) is 23.1 Å². The first-order valence-corrected chi connectivity index (χ1v) is 10.2. The Morgan fingerprint density at radius 3 is 2.67 bits per heavy atom. The summed E-state index contributed by atoms with van der Waals surface area (Å²) < 4.78 is 7.77. The fraction of sp³-hybridized carbons (Fsp3) is 0.333. The first kappa shape index (κ1) is 19.4. The molecule has 2 heterocycles. The van der Waals surface area contributed by atoms with Gasteiger partial charge in [-0.2, -0.15) is 0 Å². The number of benzene rings is 1. The van der Waals surface area contributed by atoms with E-state index >= 15 is 0 Å². The lowest BCUT2D eigenvalue weighted by atomic mass is 10.3. The Bertz CT molecular complexity index is 910. The third kappa shape index (κ3) is 4.86. The number of hydrogen-bond donors (Lipinski definition) is 1. The summed E-state index contributed by atoms with van der Waals surface area (Å²) in [6.45, 7) is 5.65. The molecule has 2 aromatic heterocycles. The number of para-hydroxylation sites is 1. The normalized spacial score (nSPS) is 13.2. The Morgan fingerprint density at radius 1 is 1.26 bits per heavy atom. The predicted molar refractivity (Wildman–Crippen MR) is 107 cm³/mol. The van der Waals surface area contributed by atoms with E-state index in [-0.39, 0.29) is 17.3 Å². The number of hydrogen-bond acceptors (Lipinski definition) is 7. The minimum Gasteiger partial charge on any atom is -0.483 e. The maximum atomic E-state index is 12.4. The second-order valence-electron chi connectivity index (χ2n) is 6.02. The monoisotopic (exact) mass is 403 g/mol. The van der Waals surface area contributed by atoms with Crippen molar-refractivity contribution in [2.75, 3.05) is 5.32 Å². The van der Waals surface area contributed by atoms with Crippen molar-refractivity contribution in [2.24, 2.45) is 7.05 Å². The number of carbonyl (C=O) groups is 1. The maximum absolute atomic E-state index is 12.4. The maximum Gasteiger partial charge on any atom is 0.239 e. The van der Waals surface area contributed by atoms with Crippen molar-refractivity contribution in [3.05, 3.63) is 47.2 Å². The van der Waals surface area contributed by atoms with Crippen LogP contribution in [0.15, 0.2) is 40.9 Å². The summed E-state index contributed by atoms with van der Waals surface area (Å²) >= 11 is 2.76. The molecule has 0 spiro atoms. The number of carbonyl (C=O) groups excluding carboxylic acids is 1. The van der Waals surface area contributed by atoms with E-state index < -0.39 is 0 Å². The van der Waals surface area contributed by atoms with Crippen LogP contribution in [0.3, 0.4) is 0 Å². The lowest BCUT2D eigenvalue weighted by Crippen LogP contribution is -2.22. The molecule has 9 heteroatoms. The number of aromatic nitrogens is 4. The van der Waals surface area contributed by atoms with Gasteiger partial charge in [-0.05, 0) is 32.9 Å². The van der Waals surface area contributed by atoms with Crippen LogP contribution in [0.25, 0.3) is 0 Å². The second-order valence-corrected chi connectivity index (χ2v) is 8.18. The quantitative estimate of drug-likeness (QED) is 0.604. The molecule has 0 fully saturated rings. The van der Waals surface area contributed by atoms with Gasteiger partial charge < -0.3 is 14.6 Å². The SMILES string of the molecule is Cc1csc(NC(=O)[C@H](C)Sc2nnc([C@H](C)Oc3ccccc3)n2C)n1. The van der Waals surface area contributed by atoms with Gasteiger partial charge in [-0.1, -0.05) is 30.0 Å². The zero-order valence-electron chi connectivity index (χ0n) is 15.5. The Morgan fingerprint density at radius 2 is 2.00 bits per heavy atom. The van der Waals surface area contributed by atoms with Crippen LogP contribution < -0.4 is 10.1 Å². The van der Waals surface area contributed by atoms with Crippen molar-refractivity contribution in [3.8, 4) is 5.75 Å². The number of thiazole rings is 1. The summed E-state index contributed by atoms with van der Waals surface area (Å²) in [5.41, 5.74) is 0.890. The molecule has 1 N–H and O–H groups in total. The van der Waals surface area contributed by atoms with E-state index in [1.807, 2.05) is 68.1 Å². The molecule has 0 bridgehead atoms. The minimum atomic E-state index is -0.338. The Hall–Kier alpha value is -2.39. The Labute approximate surface area is 166 Å². The summed E-state index contributed by atoms with van der Waals surface area (Å²) in [6.07, 6.45) is -0.262. The summed E-state index contributed by atoms with van der Waals surface area (Å²) in [5.74, 6) is 1.35. The van der Waals surface area contributed by atoms with Gasteiger partial charge in [0.05, 0.1) is 10.9 Å². The van der Waals surface area contributed by atoms with Gasteiger partial charge in [0, 0.05) is 12.4 Å². The van der Waals surface area contributed by atoms with Gasteiger partial charge in [0.15, 0.2) is 22.2 Å². The van der Waals surface area contributed by atoms with Crippen LogP contribution in [-0.4, -0.2) is 30.9 Å². The van der Waals surface area contributed by atoms with E-state index in [9.17, 15) is 4.79 Å². The summed E-state index contributed by atoms with van der Waals surface area (Å²) in [4.78, 5) is 16.6. The summed E-state index contributed by atoms with van der Waals surface area (Å²) in [6, 6.07) is 9.58. The number of anilines is 1. The molecule has 27 heavy (non-hydrogen) atoms. The number of rotatable bonds is 7. The van der Waals surface area contributed by atoms with Crippen LogP contribution in [0.1, 0.15) is 31.5 Å². The van der Waals surface area contributed by atoms with Crippen LogP contribution in [0.2, 0.25) is 0 Å². The highest BCUT2D eigenvalue weighted by molar-refractivity contribution is 8.00. The van der Waals surface area contributed by atoms with Gasteiger partial charge in [0.2, 0.25) is 5.91 Å². The fourth-order valence-corrected chi connectivity index (χ4v) is 3.88. The predicted octanol–water partition coefficient (Wildman–Crippen LogP) is 3.84. The van der Waals surface area contributed by atoms with Crippen molar-refractivity contribution < 1.29 is 9.53 Å². The van der Waals surface area contributed by atoms with Crippen molar-refractivity contribution in [2.45, 2.75) is 37.3 Å². The highest BCUT2D eigenvalue weighted by atomic mass is 32.2. The zero-order chi connectivity index (χ0) is 19.4. The van der Waals surface area contributed by atoms with Crippen LogP contribution in [0, 0.1) is 6.92 Å². The number of aryl methyl sites for hydroxylation is 1. The van der Waals surface area contributed by atoms with Crippen LogP contribution >= 0.6 is 23.1 Å². The number of nitrogens with zero attached hydrogens (tertiary/aromatic N) is 4. The molecule has 0 unspecified atom stereocenters. The average Bonchev–Trinajstić information content (AvgIpc) is 3.21. The lowest BCUT2D eigenvalue weighted by molar-refractivity contribution is -0.115. The van der Waals surface area contributed by atoms with Gasteiger partial charge in [-0.25, -0.2) is 4.98 Å². The van der Waals surface area contributed by atoms with Crippen molar-refractivity contribution >= 4 is 34.1 Å². The number of amides is 1. The molecule has 0 saturated heterocycles. The molecular weight excluding hydrogens is 382 g/mol. The molecule has 0 aliphatic heterocycles. The molecular formula is C18H21N5O2S2. The van der Waals surface area contributed by atoms with E-state index in [0.29, 0.717) is 16.1 Å². The number of nitrogens with one attached hydrogen (secondary N) is 1. The molecule has 3 rings (SSSR count). The highest BCUT2D eigenvalue weighted by Crippen LogP contribution is 2.26. The van der Waals surface area contributed by atoms with Gasteiger partial charge in [-0.3, -0.25) is 4.79 Å². The molecule has 2 atom stereocenters. The van der Waals surface area contributed by atoms with Crippen molar-refractivity contribution in [1.82, 2.24) is 19.7 Å². The molecule has 0 aliphatic rings. The minimum absolute atomic E-state index is 0.118. The standard InChI is InChI=1S/C18H21N5O2S2/c1-11-10-26-17(19-11)20-16(24)13(3)27-18-22-21-15(23(18)4)12(2)25-14-8-6-5-7-9-14/h5-10,12-13H,1-4H3,(H,19,20,24)/t12-,13-/m0/s1. The van der Waals surface area contributed by atoms with Crippen LogP contribution in [0.5, 0.6) is 5.75 Å². The first-order valence-electron chi connectivity index (χ1n) is 8.44. The third-order valence-corrected chi connectivity index (χ3v) is 5.80. The lowest BCUT2D eigenvalue weighted by Gasteiger charge is -2.14. The van der Waals surface area contributed by atoms with E-state index in [0.717, 1.165) is 11.4 Å². The van der Waals surface area contributed by atoms with Gasteiger partial charge in [0.25, 0.3) is 0 Å². The molecule has 0 saturated carbocycles. The molecule has 0 radical (unpaired) electrons. The Balaban J connectivity index is 1.63. The molecule has 0 aliphatic carbocycles. The van der Waals surface area contributed by atoms with Gasteiger partial charge >= 0.3 is 0 Å².